The molecule has 0 saturated carbocycles. The second kappa shape index (κ2) is 6.94. The molecule has 132 valence electrons. The zero-order valence-corrected chi connectivity index (χ0v) is 13.6. The standard InChI is InChI=1S/C15H16F3NO4S/c1-2-3-9-23-14-8-7-13(20)19(14)24(21,22)12-6-4-5-11(10-12)15(16,17)18/h4-8,10,14H,2-3,9H2,1H3. The Kier molecular flexibility index (Phi) is 5.34. The molecular weight excluding hydrogens is 347 g/mol. The van der Waals surface area contributed by atoms with Crippen molar-refractivity contribution in [2.45, 2.75) is 37.1 Å². The van der Waals surface area contributed by atoms with Crippen LogP contribution in [0.2, 0.25) is 0 Å². The summed E-state index contributed by atoms with van der Waals surface area (Å²) in [5.41, 5.74) is -1.10. The second-order valence-electron chi connectivity index (χ2n) is 5.14. The number of rotatable bonds is 6. The molecule has 5 nitrogen and oxygen atoms in total. The van der Waals surface area contributed by atoms with Gasteiger partial charge in [-0.1, -0.05) is 19.4 Å². The number of amides is 1. The van der Waals surface area contributed by atoms with Crippen molar-refractivity contribution in [3.8, 4) is 0 Å². The van der Waals surface area contributed by atoms with Crippen LogP contribution < -0.4 is 0 Å². The van der Waals surface area contributed by atoms with Crippen molar-refractivity contribution in [3.63, 3.8) is 0 Å². The van der Waals surface area contributed by atoms with E-state index in [0.717, 1.165) is 30.7 Å². The Morgan fingerprint density at radius 1 is 1.29 bits per heavy atom. The molecule has 0 radical (unpaired) electrons. The average Bonchev–Trinajstić information content (AvgIpc) is 2.88. The van der Waals surface area contributed by atoms with Crippen molar-refractivity contribution < 1.29 is 31.1 Å². The predicted molar refractivity (Wildman–Crippen MR) is 79.3 cm³/mol. The van der Waals surface area contributed by atoms with E-state index in [1.807, 2.05) is 6.92 Å². The number of benzene rings is 1. The smallest absolute Gasteiger partial charge is 0.353 e. The lowest BCUT2D eigenvalue weighted by Crippen LogP contribution is -2.41. The monoisotopic (exact) mass is 363 g/mol. The third kappa shape index (κ3) is 3.78. The van der Waals surface area contributed by atoms with Crippen LogP contribution in [0.5, 0.6) is 0 Å². The number of carbonyl (C=O) groups excluding carboxylic acids is 1. The van der Waals surface area contributed by atoms with E-state index in [-0.39, 0.29) is 6.61 Å². The van der Waals surface area contributed by atoms with E-state index < -0.39 is 38.8 Å². The zero-order valence-electron chi connectivity index (χ0n) is 12.8. The van der Waals surface area contributed by atoms with Gasteiger partial charge in [-0.25, -0.2) is 12.7 Å². The van der Waals surface area contributed by atoms with Gasteiger partial charge < -0.3 is 4.74 Å². The van der Waals surface area contributed by atoms with Crippen LogP contribution in [0.4, 0.5) is 13.2 Å². The van der Waals surface area contributed by atoms with E-state index in [4.69, 9.17) is 4.74 Å². The minimum atomic E-state index is -4.68. The largest absolute Gasteiger partial charge is 0.416 e. The van der Waals surface area contributed by atoms with Gasteiger partial charge in [0.25, 0.3) is 15.9 Å². The summed E-state index contributed by atoms with van der Waals surface area (Å²) in [6.45, 7) is 2.14. The van der Waals surface area contributed by atoms with Crippen LogP contribution in [0.25, 0.3) is 0 Å². The molecule has 1 aromatic rings. The Morgan fingerprint density at radius 3 is 2.62 bits per heavy atom. The molecule has 1 heterocycles. The van der Waals surface area contributed by atoms with Crippen molar-refractivity contribution in [2.75, 3.05) is 6.61 Å². The summed E-state index contributed by atoms with van der Waals surface area (Å²) < 4.78 is 69.3. The van der Waals surface area contributed by atoms with Crippen LogP contribution in [0.1, 0.15) is 25.3 Å². The maximum Gasteiger partial charge on any atom is 0.416 e. The maximum absolute atomic E-state index is 12.8. The Morgan fingerprint density at radius 2 is 2.00 bits per heavy atom. The highest BCUT2D eigenvalue weighted by molar-refractivity contribution is 7.89. The first-order valence-corrected chi connectivity index (χ1v) is 8.67. The number of alkyl halides is 3. The van der Waals surface area contributed by atoms with E-state index in [2.05, 4.69) is 0 Å². The normalized spacial score (nSPS) is 18.4. The number of ether oxygens (including phenoxy) is 1. The molecular formula is C15H16F3NO4S. The molecule has 1 amide bonds. The number of hydrogen-bond donors (Lipinski definition) is 0. The van der Waals surface area contributed by atoms with Crippen molar-refractivity contribution >= 4 is 15.9 Å². The van der Waals surface area contributed by atoms with Gasteiger partial charge in [0.15, 0.2) is 6.23 Å². The summed E-state index contributed by atoms with van der Waals surface area (Å²) in [5, 5.41) is 0. The summed E-state index contributed by atoms with van der Waals surface area (Å²) in [4.78, 5) is 11.3. The molecule has 0 fully saturated rings. The van der Waals surface area contributed by atoms with Crippen LogP contribution in [-0.2, 0) is 25.7 Å². The van der Waals surface area contributed by atoms with E-state index in [0.29, 0.717) is 16.8 Å². The minimum absolute atomic E-state index is 0.230. The molecule has 9 heteroatoms. The summed E-state index contributed by atoms with van der Waals surface area (Å²) in [6.07, 6.45) is -2.06. The van der Waals surface area contributed by atoms with Crippen molar-refractivity contribution in [3.05, 3.63) is 42.0 Å². The first kappa shape index (κ1) is 18.5. The minimum Gasteiger partial charge on any atom is -0.353 e. The molecule has 0 aromatic heterocycles. The van der Waals surface area contributed by atoms with Crippen LogP contribution in [0, 0.1) is 0 Å². The SMILES string of the molecule is CCCCOC1C=CC(=O)N1S(=O)(=O)c1cccc(C(F)(F)F)c1. The van der Waals surface area contributed by atoms with Crippen LogP contribution in [0.15, 0.2) is 41.3 Å². The second-order valence-corrected chi connectivity index (χ2v) is 6.95. The fourth-order valence-electron chi connectivity index (χ4n) is 2.12. The molecule has 0 saturated heterocycles. The Bertz CT molecular complexity index is 743. The average molecular weight is 363 g/mol. The molecule has 1 unspecified atom stereocenters. The first-order valence-electron chi connectivity index (χ1n) is 7.23. The van der Waals surface area contributed by atoms with E-state index in [9.17, 15) is 26.4 Å². The van der Waals surface area contributed by atoms with E-state index in [1.54, 1.807) is 0 Å². The first-order chi connectivity index (χ1) is 11.2. The summed E-state index contributed by atoms with van der Waals surface area (Å²) >= 11 is 0. The lowest BCUT2D eigenvalue weighted by molar-refractivity contribution is -0.137. The number of sulfonamides is 1. The van der Waals surface area contributed by atoms with Crippen molar-refractivity contribution in [1.29, 1.82) is 0 Å². The zero-order chi connectivity index (χ0) is 18.0. The molecule has 1 aliphatic rings. The molecule has 0 bridgehead atoms. The molecule has 0 N–H and O–H groups in total. The maximum atomic E-state index is 12.8. The molecule has 1 aromatic carbocycles. The van der Waals surface area contributed by atoms with Gasteiger partial charge in [-0.2, -0.15) is 13.2 Å². The van der Waals surface area contributed by atoms with Crippen LogP contribution in [-0.4, -0.2) is 31.5 Å². The lowest BCUT2D eigenvalue weighted by atomic mass is 10.2. The summed E-state index contributed by atoms with van der Waals surface area (Å²) in [7, 11) is -4.46. The third-order valence-corrected chi connectivity index (χ3v) is 5.11. The van der Waals surface area contributed by atoms with Gasteiger partial charge in [0.2, 0.25) is 0 Å². The number of unbranched alkanes of at least 4 members (excludes halogenated alkanes) is 1. The molecule has 0 spiro atoms. The van der Waals surface area contributed by atoms with Crippen molar-refractivity contribution in [1.82, 2.24) is 4.31 Å². The summed E-state index contributed by atoms with van der Waals surface area (Å²) in [6, 6.07) is 3.26. The molecule has 24 heavy (non-hydrogen) atoms. The van der Waals surface area contributed by atoms with Gasteiger partial charge in [-0.15, -0.1) is 0 Å². The quantitative estimate of drug-likeness (QED) is 0.729. The number of carbonyl (C=O) groups is 1. The van der Waals surface area contributed by atoms with Gasteiger partial charge in [-0.3, -0.25) is 4.79 Å². The van der Waals surface area contributed by atoms with Gasteiger partial charge in [0, 0.05) is 12.7 Å². The molecule has 2 rings (SSSR count). The topological polar surface area (TPSA) is 63.7 Å². The Balaban J connectivity index is 2.33. The van der Waals surface area contributed by atoms with Crippen LogP contribution >= 0.6 is 0 Å². The number of halogens is 3. The Labute approximate surface area is 137 Å². The number of nitrogens with zero attached hydrogens (tertiary/aromatic N) is 1. The highest BCUT2D eigenvalue weighted by Crippen LogP contribution is 2.32. The van der Waals surface area contributed by atoms with Gasteiger partial charge in [0.05, 0.1) is 10.5 Å². The molecule has 1 atom stereocenters. The fourth-order valence-corrected chi connectivity index (χ4v) is 3.57. The van der Waals surface area contributed by atoms with Gasteiger partial charge >= 0.3 is 6.18 Å². The van der Waals surface area contributed by atoms with Crippen LogP contribution in [0.3, 0.4) is 0 Å². The van der Waals surface area contributed by atoms with E-state index in [1.165, 1.54) is 6.08 Å². The fraction of sp³-hybridized carbons (Fsp3) is 0.400. The third-order valence-electron chi connectivity index (χ3n) is 3.36. The summed E-state index contributed by atoms with van der Waals surface area (Å²) in [5.74, 6) is -0.853. The van der Waals surface area contributed by atoms with E-state index >= 15 is 0 Å². The predicted octanol–water partition coefficient (Wildman–Crippen LogP) is 2.94. The highest BCUT2D eigenvalue weighted by atomic mass is 32.2. The molecule has 0 aliphatic carbocycles. The number of hydrogen-bond acceptors (Lipinski definition) is 4. The van der Waals surface area contributed by atoms with Gasteiger partial charge in [0.1, 0.15) is 0 Å². The molecule has 1 aliphatic heterocycles. The highest BCUT2D eigenvalue weighted by Gasteiger charge is 2.39. The Hall–Kier alpha value is -1.87. The van der Waals surface area contributed by atoms with Gasteiger partial charge in [-0.05, 0) is 30.7 Å². The lowest BCUT2D eigenvalue weighted by Gasteiger charge is -2.24. The van der Waals surface area contributed by atoms with Crippen molar-refractivity contribution in [2.24, 2.45) is 0 Å².